The molecule has 0 bridgehead atoms. The predicted molar refractivity (Wildman–Crippen MR) is 256 cm³/mol. The first kappa shape index (κ1) is 43.0. The third-order valence-corrected chi connectivity index (χ3v) is 16.3. The molecule has 2 aromatic heterocycles. The first-order valence-corrected chi connectivity index (χ1v) is 24.1. The van der Waals surface area contributed by atoms with Crippen molar-refractivity contribution in [1.29, 1.82) is 0 Å². The van der Waals surface area contributed by atoms with E-state index in [2.05, 4.69) is 260 Å². The van der Waals surface area contributed by atoms with Gasteiger partial charge in [-0.3, -0.25) is 6.42 Å². The van der Waals surface area contributed by atoms with E-state index in [0.717, 1.165) is 12.8 Å². The zero-order chi connectivity index (χ0) is 40.2. The average molecular weight is 994 g/mol. The maximum Gasteiger partial charge on any atom is 1.00 e. The number of pyridine rings is 2. The van der Waals surface area contributed by atoms with Gasteiger partial charge < -0.3 is 0 Å². The second-order valence-corrected chi connectivity index (χ2v) is 19.5. The van der Waals surface area contributed by atoms with Crippen LogP contribution in [0.15, 0.2) is 230 Å². The predicted octanol–water partition coefficient (Wildman–Crippen LogP) is 11.6. The number of hydrogen-bond acceptors (Lipinski definition) is 0. The third kappa shape index (κ3) is 10.1. The number of hydrogen-bond donors (Lipinski definition) is 0. The van der Waals surface area contributed by atoms with Crippen LogP contribution in [0.2, 0.25) is 0 Å². The fraction of sp³-hybridized carbons (Fsp3) is 0.109. The van der Waals surface area contributed by atoms with E-state index in [1.54, 1.807) is 0 Å². The van der Waals surface area contributed by atoms with Crippen LogP contribution in [-0.2, 0) is 19.8 Å². The third-order valence-electron chi connectivity index (χ3n) is 11.2. The number of fused-ring (bicyclic) bond motifs is 3. The Kier molecular flexibility index (Phi) is 15.3. The second-order valence-electron chi connectivity index (χ2n) is 14.9. The van der Waals surface area contributed by atoms with Gasteiger partial charge in [0.1, 0.15) is 38.9 Å². The van der Waals surface area contributed by atoms with Crippen molar-refractivity contribution in [2.75, 3.05) is 0 Å². The van der Waals surface area contributed by atoms with Crippen molar-refractivity contribution >= 4 is 37.1 Å². The number of aromatic nitrogens is 2. The van der Waals surface area contributed by atoms with Crippen LogP contribution < -0.4 is 30.4 Å². The Labute approximate surface area is 372 Å². The molecule has 1 aliphatic rings. The summed E-state index contributed by atoms with van der Waals surface area (Å²) in [6.45, 7) is 4.54. The first-order chi connectivity index (χ1) is 29.2. The van der Waals surface area contributed by atoms with Crippen molar-refractivity contribution in [2.24, 2.45) is 0 Å². The number of rotatable bonds is 11. The van der Waals surface area contributed by atoms with E-state index in [9.17, 15) is 0 Å². The Balaban J connectivity index is 0.000000179. The molecule has 6 aromatic carbocycles. The fourth-order valence-corrected chi connectivity index (χ4v) is 13.2. The molecule has 5 heteroatoms. The van der Waals surface area contributed by atoms with Gasteiger partial charge in [-0.1, -0.05) is 147 Å². The van der Waals surface area contributed by atoms with Gasteiger partial charge in [-0.25, -0.2) is 4.57 Å². The second kappa shape index (κ2) is 21.4. The molecular formula is C55H53N2OsP2+4. The van der Waals surface area contributed by atoms with Crippen LogP contribution in [-0.4, -0.2) is 0 Å². The Morgan fingerprint density at radius 1 is 0.433 bits per heavy atom. The zero-order valence-electron chi connectivity index (χ0n) is 34.3. The summed E-state index contributed by atoms with van der Waals surface area (Å²) in [4.78, 5) is 0. The van der Waals surface area contributed by atoms with Crippen molar-refractivity contribution in [3.05, 3.63) is 237 Å². The minimum absolute atomic E-state index is 0. The van der Waals surface area contributed by atoms with E-state index in [-0.39, 0.29) is 19.8 Å². The molecule has 0 saturated heterocycles. The van der Waals surface area contributed by atoms with Gasteiger partial charge >= 0.3 is 19.8 Å². The van der Waals surface area contributed by atoms with Crippen molar-refractivity contribution in [2.45, 2.75) is 38.8 Å². The molecule has 0 fully saturated rings. The van der Waals surface area contributed by atoms with Gasteiger partial charge in [0.05, 0.1) is 15.8 Å². The molecule has 9 rings (SSSR count). The minimum Gasteiger partial charge on any atom is -0.254 e. The van der Waals surface area contributed by atoms with Gasteiger partial charge in [0.25, 0.3) is 11.4 Å². The van der Waals surface area contributed by atoms with Crippen LogP contribution in [0.1, 0.15) is 38.8 Å². The minimum atomic E-state index is -0.964. The maximum absolute atomic E-state index is 2.50. The molecule has 2 atom stereocenters. The number of nitrogens with zero attached hydrogens (tertiary/aromatic N) is 2. The Bertz CT molecular complexity index is 2390. The smallest absolute Gasteiger partial charge is 0.254 e. The molecule has 60 heavy (non-hydrogen) atoms. The summed E-state index contributed by atoms with van der Waals surface area (Å²) >= 11 is 0. The van der Waals surface area contributed by atoms with E-state index in [1.807, 2.05) is 0 Å². The van der Waals surface area contributed by atoms with Gasteiger partial charge in [-0.05, 0) is 70.8 Å². The van der Waals surface area contributed by atoms with Crippen LogP contribution in [0.25, 0.3) is 33.6 Å². The summed E-state index contributed by atoms with van der Waals surface area (Å²) in [6, 6.07) is 75.1. The fourth-order valence-electron chi connectivity index (χ4n) is 8.26. The monoisotopic (exact) mass is 995 g/mol. The molecule has 2 nitrogen and oxygen atoms in total. The van der Waals surface area contributed by atoms with Gasteiger partial charge in [0, 0.05) is 30.7 Å². The van der Waals surface area contributed by atoms with E-state index >= 15 is 0 Å². The summed E-state index contributed by atoms with van der Waals surface area (Å²) in [5, 5.41) is 5.71. The van der Waals surface area contributed by atoms with Crippen molar-refractivity contribution in [1.82, 2.24) is 0 Å². The molecule has 8 aromatic rings. The average Bonchev–Trinajstić information content (AvgIpc) is 3.32. The molecular weight excluding hydrogens is 941 g/mol. The van der Waals surface area contributed by atoms with Crippen LogP contribution in [0.5, 0.6) is 0 Å². The molecule has 0 N–H and O–H groups in total. The van der Waals surface area contributed by atoms with Crippen LogP contribution >= 0.6 is 15.8 Å². The van der Waals surface area contributed by atoms with Crippen molar-refractivity contribution < 1.29 is 28.9 Å². The van der Waals surface area contributed by atoms with Crippen LogP contribution in [0.3, 0.4) is 0 Å². The quantitative estimate of drug-likeness (QED) is 0.0693. The normalized spacial score (nSPS) is 14.1. The molecule has 0 saturated carbocycles. The van der Waals surface area contributed by atoms with Crippen LogP contribution in [0.4, 0.5) is 0 Å². The zero-order valence-corrected chi connectivity index (χ0v) is 38.9. The van der Waals surface area contributed by atoms with Crippen molar-refractivity contribution in [3.8, 4) is 33.6 Å². The van der Waals surface area contributed by atoms with Crippen molar-refractivity contribution in [3.63, 3.8) is 0 Å². The summed E-state index contributed by atoms with van der Waals surface area (Å²) in [7, 11) is -1.93. The molecule has 0 spiro atoms. The molecule has 0 amide bonds. The van der Waals surface area contributed by atoms with E-state index in [1.165, 1.54) is 54.9 Å². The van der Waals surface area contributed by atoms with Gasteiger partial charge in [0.2, 0.25) is 0 Å². The van der Waals surface area contributed by atoms with E-state index in [0.29, 0.717) is 12.1 Å². The molecule has 0 unspecified atom stereocenters. The Morgan fingerprint density at radius 3 is 1.12 bits per heavy atom. The first-order valence-electron chi connectivity index (χ1n) is 20.9. The summed E-state index contributed by atoms with van der Waals surface area (Å²) in [5.41, 5.74) is 7.59. The molecule has 0 aliphatic carbocycles. The van der Waals surface area contributed by atoms with Gasteiger partial charge in [-0.15, -0.1) is 0 Å². The summed E-state index contributed by atoms with van der Waals surface area (Å²) in [5.74, 6) is 5.01. The summed E-state index contributed by atoms with van der Waals surface area (Å²) in [6.07, 6.45) is 9.19. The topological polar surface area (TPSA) is 7.76 Å². The molecule has 1 aliphatic heterocycles. The van der Waals surface area contributed by atoms with Crippen LogP contribution in [0, 0.1) is 6.42 Å². The number of benzene rings is 6. The van der Waals surface area contributed by atoms with Gasteiger partial charge in [-0.2, -0.15) is 11.0 Å². The molecule has 297 valence electrons. The van der Waals surface area contributed by atoms with E-state index < -0.39 is 15.8 Å². The van der Waals surface area contributed by atoms with E-state index in [4.69, 9.17) is 0 Å². The molecule has 3 heterocycles. The standard InChI is InChI=1S/C29H29N2.C26H22P2.Os/c1-3-11-27-26(4-2)30-18-16-24(22-12-7-5-8-13-22)20-28(30)29-21-25(17-19-31(27)29)23-14-9-6-10-15-23;1-5-13-23(14-6-1)27(24-15-7-2-8-16-24)21-22-28(25-17-9-3-10-18-25)26-19-11-4-12-20-26;/h5-21,26-27H,3-4H2,1-2H3;1-22H;/q+1;;+1/p+2/b;22-21-;/t26-,27-;;/m1../s1. The maximum atomic E-state index is 2.50. The largest absolute Gasteiger partial charge is 1.00 e. The SMILES string of the molecule is C(=C/[PH+](c1ccccc1)c1ccccc1)/[PH+](c1ccccc1)c1ccccc1.CC[CH-][C@@H]1[C@@H](CC)[n+]2ccc(-c3ccccc3)cc2-c2cc(-c3ccccc3)cc[n+]21.[Os+]. The summed E-state index contributed by atoms with van der Waals surface area (Å²) < 4.78 is 4.97. The Hall–Kier alpha value is -5.14. The Morgan fingerprint density at radius 2 is 0.767 bits per heavy atom. The molecule has 1 radical (unpaired) electrons. The van der Waals surface area contributed by atoms with Gasteiger partial charge in [0.15, 0.2) is 18.4 Å².